The highest BCUT2D eigenvalue weighted by Gasteiger charge is 2.16. The summed E-state index contributed by atoms with van der Waals surface area (Å²) in [5, 5.41) is 2.75. The number of hydrogen-bond acceptors (Lipinski definition) is 2. The van der Waals surface area contributed by atoms with Crippen LogP contribution < -0.4 is 5.32 Å². The number of ketones is 1. The fourth-order valence-corrected chi connectivity index (χ4v) is 1.94. The van der Waals surface area contributed by atoms with Gasteiger partial charge in [-0.25, -0.2) is 0 Å². The summed E-state index contributed by atoms with van der Waals surface area (Å²) in [7, 11) is 0. The van der Waals surface area contributed by atoms with Crippen molar-refractivity contribution in [2.75, 3.05) is 0 Å². The van der Waals surface area contributed by atoms with Crippen molar-refractivity contribution in [1.82, 2.24) is 5.32 Å². The molecular weight excluding hydrogens is 282 g/mol. The summed E-state index contributed by atoms with van der Waals surface area (Å²) in [6, 6.07) is 6.72. The van der Waals surface area contributed by atoms with Crippen molar-refractivity contribution in [2.45, 2.75) is 32.7 Å². The molecule has 1 atom stereocenters. The molecule has 1 rings (SSSR count). The second-order valence-electron chi connectivity index (χ2n) is 3.94. The average Bonchev–Trinajstić information content (AvgIpc) is 2.28. The molecule has 92 valence electrons. The first-order valence-electron chi connectivity index (χ1n) is 5.61. The van der Waals surface area contributed by atoms with Crippen LogP contribution in [-0.2, 0) is 4.79 Å². The van der Waals surface area contributed by atoms with Gasteiger partial charge in [0.2, 0.25) is 0 Å². The number of nitrogens with one attached hydrogen (secondary N) is 1. The van der Waals surface area contributed by atoms with Crippen LogP contribution in [0.15, 0.2) is 28.7 Å². The van der Waals surface area contributed by atoms with E-state index in [0.29, 0.717) is 12.0 Å². The van der Waals surface area contributed by atoms with Gasteiger partial charge in [-0.15, -0.1) is 0 Å². The van der Waals surface area contributed by atoms with Crippen LogP contribution in [-0.4, -0.2) is 17.7 Å². The Morgan fingerprint density at radius 1 is 1.41 bits per heavy atom. The molecule has 4 heteroatoms. The Morgan fingerprint density at radius 2 is 2.12 bits per heavy atom. The van der Waals surface area contributed by atoms with E-state index in [2.05, 4.69) is 21.2 Å². The minimum atomic E-state index is -0.383. The van der Waals surface area contributed by atoms with Crippen molar-refractivity contribution in [3.8, 4) is 0 Å². The molecule has 1 aromatic rings. The Morgan fingerprint density at radius 3 is 2.65 bits per heavy atom. The summed E-state index contributed by atoms with van der Waals surface area (Å²) in [6.07, 6.45) is 1.54. The van der Waals surface area contributed by atoms with Crippen molar-refractivity contribution in [3.05, 3.63) is 34.3 Å². The van der Waals surface area contributed by atoms with Gasteiger partial charge < -0.3 is 5.32 Å². The molecule has 0 aromatic heterocycles. The van der Waals surface area contributed by atoms with Crippen LogP contribution in [0.25, 0.3) is 0 Å². The number of carbonyl (C=O) groups excluding carboxylic acids is 2. The normalized spacial score (nSPS) is 11.9. The van der Waals surface area contributed by atoms with Crippen molar-refractivity contribution in [3.63, 3.8) is 0 Å². The largest absolute Gasteiger partial charge is 0.342 e. The molecule has 0 heterocycles. The van der Waals surface area contributed by atoms with Gasteiger partial charge in [-0.3, -0.25) is 9.59 Å². The first kappa shape index (κ1) is 13.9. The van der Waals surface area contributed by atoms with Gasteiger partial charge in [0, 0.05) is 10.0 Å². The van der Waals surface area contributed by atoms with Crippen molar-refractivity contribution < 1.29 is 9.59 Å². The zero-order chi connectivity index (χ0) is 12.8. The summed E-state index contributed by atoms with van der Waals surface area (Å²) in [6.45, 7) is 3.49. The SMILES string of the molecule is CCC[C@H](NC(=O)c1cccc(Br)c1)C(C)=O. The zero-order valence-corrected chi connectivity index (χ0v) is 11.6. The van der Waals surface area contributed by atoms with Crippen molar-refractivity contribution in [1.29, 1.82) is 0 Å². The third-order valence-electron chi connectivity index (χ3n) is 2.46. The summed E-state index contributed by atoms with van der Waals surface area (Å²) in [5.74, 6) is -0.213. The van der Waals surface area contributed by atoms with Crippen LogP contribution >= 0.6 is 15.9 Å². The first-order chi connectivity index (χ1) is 8.04. The van der Waals surface area contributed by atoms with Crippen LogP contribution in [0.1, 0.15) is 37.0 Å². The van der Waals surface area contributed by atoms with Crippen molar-refractivity contribution >= 4 is 27.6 Å². The van der Waals surface area contributed by atoms with Crippen LogP contribution in [0.4, 0.5) is 0 Å². The highest BCUT2D eigenvalue weighted by atomic mass is 79.9. The fourth-order valence-electron chi connectivity index (χ4n) is 1.54. The third-order valence-corrected chi connectivity index (χ3v) is 2.95. The van der Waals surface area contributed by atoms with Crippen LogP contribution in [0.5, 0.6) is 0 Å². The molecule has 1 amide bonds. The van der Waals surface area contributed by atoms with Crippen molar-refractivity contribution in [2.24, 2.45) is 0 Å². The standard InChI is InChI=1S/C13H16BrNO2/c1-3-5-12(9(2)16)15-13(17)10-6-4-7-11(14)8-10/h4,6-8,12H,3,5H2,1-2H3,(H,15,17)/t12-/m0/s1. The molecule has 0 saturated heterocycles. The summed E-state index contributed by atoms with van der Waals surface area (Å²) in [4.78, 5) is 23.2. The molecule has 1 N–H and O–H groups in total. The van der Waals surface area contributed by atoms with E-state index < -0.39 is 0 Å². The highest BCUT2D eigenvalue weighted by molar-refractivity contribution is 9.10. The second kappa shape index (κ2) is 6.55. The van der Waals surface area contributed by atoms with Gasteiger partial charge in [0.1, 0.15) is 0 Å². The summed E-state index contributed by atoms with van der Waals surface area (Å²) in [5.41, 5.74) is 0.557. The second-order valence-corrected chi connectivity index (χ2v) is 4.85. The number of halogens is 1. The summed E-state index contributed by atoms with van der Waals surface area (Å²) >= 11 is 3.31. The fraction of sp³-hybridized carbons (Fsp3) is 0.385. The number of hydrogen-bond donors (Lipinski definition) is 1. The van der Waals surface area contributed by atoms with E-state index in [4.69, 9.17) is 0 Å². The van der Waals surface area contributed by atoms with Crippen LogP contribution in [0.2, 0.25) is 0 Å². The number of benzene rings is 1. The van der Waals surface area contributed by atoms with E-state index >= 15 is 0 Å². The molecule has 0 aliphatic heterocycles. The molecule has 1 aromatic carbocycles. The molecule has 0 aliphatic rings. The monoisotopic (exact) mass is 297 g/mol. The van der Waals surface area contributed by atoms with Gasteiger partial charge in [-0.1, -0.05) is 35.3 Å². The predicted molar refractivity (Wildman–Crippen MR) is 71.0 cm³/mol. The molecule has 0 spiro atoms. The molecule has 0 unspecified atom stereocenters. The van der Waals surface area contributed by atoms with E-state index in [9.17, 15) is 9.59 Å². The third kappa shape index (κ3) is 4.30. The number of rotatable bonds is 5. The van der Waals surface area contributed by atoms with E-state index in [0.717, 1.165) is 10.9 Å². The Bertz CT molecular complexity index is 418. The lowest BCUT2D eigenvalue weighted by molar-refractivity contribution is -0.118. The van der Waals surface area contributed by atoms with Gasteiger partial charge in [-0.2, -0.15) is 0 Å². The molecule has 0 bridgehead atoms. The van der Waals surface area contributed by atoms with Gasteiger partial charge in [0.15, 0.2) is 5.78 Å². The maximum Gasteiger partial charge on any atom is 0.251 e. The molecule has 0 radical (unpaired) electrons. The molecule has 0 saturated carbocycles. The molecule has 0 fully saturated rings. The van der Waals surface area contributed by atoms with Crippen LogP contribution in [0.3, 0.4) is 0 Å². The topological polar surface area (TPSA) is 46.2 Å². The van der Waals surface area contributed by atoms with E-state index in [1.807, 2.05) is 13.0 Å². The minimum Gasteiger partial charge on any atom is -0.342 e. The van der Waals surface area contributed by atoms with E-state index in [-0.39, 0.29) is 17.7 Å². The lowest BCUT2D eigenvalue weighted by Crippen LogP contribution is -2.39. The number of Topliss-reactive ketones (excluding diaryl/α,β-unsaturated/α-hetero) is 1. The van der Waals surface area contributed by atoms with Crippen LogP contribution in [0, 0.1) is 0 Å². The molecular formula is C13H16BrNO2. The smallest absolute Gasteiger partial charge is 0.251 e. The zero-order valence-electron chi connectivity index (χ0n) is 10.00. The summed E-state index contributed by atoms with van der Waals surface area (Å²) < 4.78 is 0.847. The Hall–Kier alpha value is -1.16. The lowest BCUT2D eigenvalue weighted by atomic mass is 10.1. The Labute approximate surface area is 110 Å². The minimum absolute atomic E-state index is 0.00445. The van der Waals surface area contributed by atoms with Gasteiger partial charge in [0.05, 0.1) is 6.04 Å². The quantitative estimate of drug-likeness (QED) is 0.908. The maximum atomic E-state index is 11.9. The Kier molecular flexibility index (Phi) is 5.35. The molecule has 3 nitrogen and oxygen atoms in total. The lowest BCUT2D eigenvalue weighted by Gasteiger charge is -2.14. The van der Waals surface area contributed by atoms with E-state index in [1.165, 1.54) is 6.92 Å². The number of amides is 1. The maximum absolute atomic E-state index is 11.9. The Balaban J connectivity index is 2.73. The molecule has 17 heavy (non-hydrogen) atoms. The number of carbonyl (C=O) groups is 2. The first-order valence-corrected chi connectivity index (χ1v) is 6.40. The van der Waals surface area contributed by atoms with Gasteiger partial charge in [-0.05, 0) is 31.5 Å². The average molecular weight is 298 g/mol. The van der Waals surface area contributed by atoms with Gasteiger partial charge >= 0.3 is 0 Å². The highest BCUT2D eigenvalue weighted by Crippen LogP contribution is 2.12. The van der Waals surface area contributed by atoms with E-state index in [1.54, 1.807) is 18.2 Å². The predicted octanol–water partition coefficient (Wildman–Crippen LogP) is 2.94. The van der Waals surface area contributed by atoms with Gasteiger partial charge in [0.25, 0.3) is 5.91 Å². The molecule has 0 aliphatic carbocycles.